The van der Waals surface area contributed by atoms with Gasteiger partial charge in [-0.25, -0.2) is 4.68 Å². The zero-order valence-electron chi connectivity index (χ0n) is 16.6. The van der Waals surface area contributed by atoms with E-state index in [1.807, 2.05) is 36.4 Å². The zero-order chi connectivity index (χ0) is 19.4. The predicted molar refractivity (Wildman–Crippen MR) is 108 cm³/mol. The van der Waals surface area contributed by atoms with Crippen LogP contribution in [0.15, 0.2) is 36.4 Å². The molecule has 5 nitrogen and oxygen atoms in total. The Labute approximate surface area is 161 Å². The summed E-state index contributed by atoms with van der Waals surface area (Å²) >= 11 is 0. The number of carbonyl (C=O) groups is 1. The van der Waals surface area contributed by atoms with E-state index in [4.69, 9.17) is 0 Å². The largest absolute Gasteiger partial charge is 0.394 e. The molecule has 2 aromatic rings. The van der Waals surface area contributed by atoms with E-state index in [2.05, 4.69) is 31.2 Å². The third-order valence-corrected chi connectivity index (χ3v) is 5.77. The molecule has 5 heteroatoms. The van der Waals surface area contributed by atoms with Crippen molar-refractivity contribution in [3.05, 3.63) is 36.4 Å². The van der Waals surface area contributed by atoms with E-state index in [0.29, 0.717) is 30.1 Å². The third kappa shape index (κ3) is 4.59. The Bertz CT molecular complexity index is 754. The topological polar surface area (TPSA) is 67.2 Å². The minimum absolute atomic E-state index is 0.0200. The van der Waals surface area contributed by atoms with Crippen molar-refractivity contribution in [1.82, 2.24) is 9.78 Å². The smallest absolute Gasteiger partial charge is 0.228 e. The molecule has 0 spiro atoms. The number of hydrogen-bond acceptors (Lipinski definition) is 3. The van der Waals surface area contributed by atoms with Crippen LogP contribution in [0, 0.1) is 23.7 Å². The third-order valence-electron chi connectivity index (χ3n) is 5.77. The fourth-order valence-corrected chi connectivity index (χ4v) is 4.26. The number of nitrogens with one attached hydrogen (secondary N) is 1. The molecule has 0 saturated heterocycles. The molecular formula is C22H31N3O2. The number of aliphatic hydroxyl groups excluding tert-OH is 1. The van der Waals surface area contributed by atoms with Gasteiger partial charge in [-0.3, -0.25) is 4.79 Å². The molecule has 0 bridgehead atoms. The number of hydrogen-bond donors (Lipinski definition) is 2. The van der Waals surface area contributed by atoms with Crippen LogP contribution in [0.2, 0.25) is 0 Å². The molecule has 1 aromatic carbocycles. The van der Waals surface area contributed by atoms with Gasteiger partial charge in [0, 0.05) is 17.5 Å². The molecule has 146 valence electrons. The lowest BCUT2D eigenvalue weighted by Gasteiger charge is -2.36. The second kappa shape index (κ2) is 8.70. The maximum Gasteiger partial charge on any atom is 0.228 e. The van der Waals surface area contributed by atoms with Crippen molar-refractivity contribution in [3.63, 3.8) is 0 Å². The van der Waals surface area contributed by atoms with E-state index in [-0.39, 0.29) is 18.4 Å². The van der Waals surface area contributed by atoms with Crippen LogP contribution >= 0.6 is 0 Å². The lowest BCUT2D eigenvalue weighted by atomic mass is 9.70. The summed E-state index contributed by atoms with van der Waals surface area (Å²) in [5, 5.41) is 17.1. The minimum atomic E-state index is -0.0200. The van der Waals surface area contributed by atoms with E-state index >= 15 is 0 Å². The lowest BCUT2D eigenvalue weighted by molar-refractivity contribution is -0.124. The Morgan fingerprint density at radius 1 is 1.30 bits per heavy atom. The van der Waals surface area contributed by atoms with Crippen molar-refractivity contribution in [2.24, 2.45) is 23.7 Å². The quantitative estimate of drug-likeness (QED) is 0.802. The summed E-state index contributed by atoms with van der Waals surface area (Å²) in [6.07, 6.45) is 3.25. The molecule has 3 rings (SSSR count). The highest BCUT2D eigenvalue weighted by Gasteiger charge is 2.35. The van der Waals surface area contributed by atoms with Crippen LogP contribution in [0.1, 0.15) is 40.0 Å². The number of aromatic nitrogens is 2. The number of benzene rings is 1. The van der Waals surface area contributed by atoms with Gasteiger partial charge >= 0.3 is 0 Å². The van der Waals surface area contributed by atoms with Gasteiger partial charge in [0.1, 0.15) is 5.82 Å². The average Bonchev–Trinajstić information content (AvgIpc) is 3.05. The summed E-state index contributed by atoms with van der Waals surface area (Å²) in [4.78, 5) is 13.1. The molecule has 1 aliphatic rings. The maximum atomic E-state index is 13.1. The molecular weight excluding hydrogens is 338 g/mol. The van der Waals surface area contributed by atoms with Crippen LogP contribution in [0.4, 0.5) is 5.82 Å². The van der Waals surface area contributed by atoms with Crippen LogP contribution in [-0.2, 0) is 11.3 Å². The minimum Gasteiger partial charge on any atom is -0.394 e. The molecule has 1 saturated carbocycles. The van der Waals surface area contributed by atoms with Gasteiger partial charge in [0.25, 0.3) is 0 Å². The van der Waals surface area contributed by atoms with E-state index in [1.165, 1.54) is 6.42 Å². The Morgan fingerprint density at radius 2 is 2.04 bits per heavy atom. The average molecular weight is 370 g/mol. The molecule has 27 heavy (non-hydrogen) atoms. The fraction of sp³-hybridized carbons (Fsp3) is 0.545. The van der Waals surface area contributed by atoms with Crippen molar-refractivity contribution in [1.29, 1.82) is 0 Å². The molecule has 1 fully saturated rings. The highest BCUT2D eigenvalue weighted by molar-refractivity contribution is 5.92. The summed E-state index contributed by atoms with van der Waals surface area (Å²) in [7, 11) is 0. The van der Waals surface area contributed by atoms with E-state index in [1.54, 1.807) is 4.68 Å². The second-order valence-electron chi connectivity index (χ2n) is 8.15. The summed E-state index contributed by atoms with van der Waals surface area (Å²) in [6.45, 7) is 7.00. The standard InChI is InChI=1S/C22H31N3O2/c1-15(2)18-10-9-16(3)13-19(18)22(27)23-21-14-20(24-25(21)11-12-26)17-7-5-4-6-8-17/h4-8,14-16,18-19,26H,9-13H2,1-3H3,(H,23,27)/t16?,18-,19?/m0/s1. The molecule has 1 aliphatic carbocycles. The summed E-state index contributed by atoms with van der Waals surface area (Å²) < 4.78 is 1.69. The molecule has 3 atom stereocenters. The van der Waals surface area contributed by atoms with Crippen LogP contribution in [0.25, 0.3) is 11.3 Å². The lowest BCUT2D eigenvalue weighted by Crippen LogP contribution is -2.37. The van der Waals surface area contributed by atoms with Gasteiger partial charge in [0.15, 0.2) is 0 Å². The molecule has 1 heterocycles. The Hall–Kier alpha value is -2.14. The number of anilines is 1. The summed E-state index contributed by atoms with van der Waals surface area (Å²) in [5.74, 6) is 2.27. The first-order chi connectivity index (χ1) is 13.0. The number of carbonyl (C=O) groups excluding carboxylic acids is 1. The molecule has 0 radical (unpaired) electrons. The summed E-state index contributed by atoms with van der Waals surface area (Å²) in [5.41, 5.74) is 1.80. The van der Waals surface area contributed by atoms with E-state index in [0.717, 1.165) is 24.1 Å². The van der Waals surface area contributed by atoms with Crippen LogP contribution < -0.4 is 5.32 Å². The van der Waals surface area contributed by atoms with Crippen LogP contribution in [0.3, 0.4) is 0 Å². The van der Waals surface area contributed by atoms with Gasteiger partial charge in [0.05, 0.1) is 18.8 Å². The maximum absolute atomic E-state index is 13.1. The van der Waals surface area contributed by atoms with Gasteiger partial charge in [-0.2, -0.15) is 5.10 Å². The first-order valence-electron chi connectivity index (χ1n) is 10.0. The van der Waals surface area contributed by atoms with Gasteiger partial charge < -0.3 is 10.4 Å². The predicted octanol–water partition coefficient (Wildman–Crippen LogP) is 4.19. The number of nitrogens with zero attached hydrogens (tertiary/aromatic N) is 2. The molecule has 1 aromatic heterocycles. The van der Waals surface area contributed by atoms with Crippen LogP contribution in [-0.4, -0.2) is 27.4 Å². The highest BCUT2D eigenvalue weighted by Crippen LogP contribution is 2.38. The van der Waals surface area contributed by atoms with Crippen molar-refractivity contribution >= 4 is 11.7 Å². The van der Waals surface area contributed by atoms with Crippen molar-refractivity contribution in [3.8, 4) is 11.3 Å². The molecule has 2 unspecified atom stereocenters. The van der Waals surface area contributed by atoms with E-state index < -0.39 is 0 Å². The number of amides is 1. The summed E-state index contributed by atoms with van der Waals surface area (Å²) in [6, 6.07) is 11.8. The van der Waals surface area contributed by atoms with Gasteiger partial charge in [-0.1, -0.05) is 57.5 Å². The van der Waals surface area contributed by atoms with Gasteiger partial charge in [0.2, 0.25) is 5.91 Å². The van der Waals surface area contributed by atoms with Crippen molar-refractivity contribution in [2.45, 2.75) is 46.6 Å². The number of aliphatic hydroxyl groups is 1. The van der Waals surface area contributed by atoms with Crippen molar-refractivity contribution < 1.29 is 9.90 Å². The Kier molecular flexibility index (Phi) is 6.32. The second-order valence-corrected chi connectivity index (χ2v) is 8.15. The molecule has 1 amide bonds. The molecule has 0 aliphatic heterocycles. The SMILES string of the molecule is CC1CC[C@@H](C(C)C)C(C(=O)Nc2cc(-c3ccccc3)nn2CCO)C1. The Morgan fingerprint density at radius 3 is 2.70 bits per heavy atom. The van der Waals surface area contributed by atoms with Gasteiger partial charge in [-0.15, -0.1) is 0 Å². The normalized spacial score (nSPS) is 22.8. The van der Waals surface area contributed by atoms with Crippen molar-refractivity contribution in [2.75, 3.05) is 11.9 Å². The van der Waals surface area contributed by atoms with Crippen LogP contribution in [0.5, 0.6) is 0 Å². The van der Waals surface area contributed by atoms with Gasteiger partial charge in [-0.05, 0) is 30.6 Å². The molecule has 2 N–H and O–H groups in total. The zero-order valence-corrected chi connectivity index (χ0v) is 16.6. The monoisotopic (exact) mass is 369 g/mol. The first kappa shape index (κ1) is 19.6. The highest BCUT2D eigenvalue weighted by atomic mass is 16.3. The Balaban J connectivity index is 1.83. The first-order valence-corrected chi connectivity index (χ1v) is 10.0. The number of rotatable bonds is 6. The van der Waals surface area contributed by atoms with E-state index in [9.17, 15) is 9.90 Å². The fourth-order valence-electron chi connectivity index (χ4n) is 4.26.